The molecule has 4 heteroatoms. The number of hydrogen-bond acceptors (Lipinski definition) is 1. The van der Waals surface area contributed by atoms with Crippen LogP contribution in [0.4, 0.5) is 13.2 Å². The fourth-order valence-corrected chi connectivity index (χ4v) is 3.18. The first-order valence-electron chi connectivity index (χ1n) is 7.57. The fraction of sp³-hybridized carbons (Fsp3) is 0.647. The summed E-state index contributed by atoms with van der Waals surface area (Å²) in [4.78, 5) is 0. The van der Waals surface area contributed by atoms with Gasteiger partial charge in [0.1, 0.15) is 0 Å². The maximum atomic E-state index is 12.9. The zero-order valence-corrected chi connectivity index (χ0v) is 12.6. The van der Waals surface area contributed by atoms with E-state index in [2.05, 4.69) is 13.8 Å². The minimum Gasteiger partial charge on any atom is -0.390 e. The van der Waals surface area contributed by atoms with Crippen molar-refractivity contribution in [3.05, 3.63) is 35.4 Å². The van der Waals surface area contributed by atoms with Gasteiger partial charge in [0.15, 0.2) is 0 Å². The van der Waals surface area contributed by atoms with Gasteiger partial charge in [0, 0.05) is 6.42 Å². The first-order chi connectivity index (χ1) is 9.70. The highest BCUT2D eigenvalue weighted by atomic mass is 19.4. The predicted molar refractivity (Wildman–Crippen MR) is 77.2 cm³/mol. The summed E-state index contributed by atoms with van der Waals surface area (Å²) in [5.41, 5.74) is 0.880. The molecule has 2 rings (SSSR count). The summed E-state index contributed by atoms with van der Waals surface area (Å²) >= 11 is 0. The molecule has 2 atom stereocenters. The number of alkyl halides is 3. The average Bonchev–Trinajstić information content (AvgIpc) is 2.38. The van der Waals surface area contributed by atoms with Gasteiger partial charge in [-0.15, -0.1) is 0 Å². The summed E-state index contributed by atoms with van der Waals surface area (Å²) < 4.78 is 38.6. The van der Waals surface area contributed by atoms with E-state index in [1.54, 1.807) is 0 Å². The Morgan fingerprint density at radius 2 is 1.86 bits per heavy atom. The molecule has 1 aliphatic rings. The quantitative estimate of drug-likeness (QED) is 0.847. The van der Waals surface area contributed by atoms with Crippen LogP contribution in [0.5, 0.6) is 0 Å². The van der Waals surface area contributed by atoms with Gasteiger partial charge in [0.25, 0.3) is 0 Å². The van der Waals surface area contributed by atoms with Crippen molar-refractivity contribution in [2.24, 2.45) is 5.92 Å². The van der Waals surface area contributed by atoms with E-state index in [0.29, 0.717) is 25.2 Å². The number of aliphatic hydroxyl groups is 1. The lowest BCUT2D eigenvalue weighted by molar-refractivity contribution is -0.200. The summed E-state index contributed by atoms with van der Waals surface area (Å²) in [6, 6.07) is 7.83. The van der Waals surface area contributed by atoms with E-state index in [9.17, 15) is 18.3 Å². The van der Waals surface area contributed by atoms with Gasteiger partial charge in [0.05, 0.1) is 11.5 Å². The van der Waals surface area contributed by atoms with Crippen LogP contribution < -0.4 is 0 Å². The number of hydrogen-bond donors (Lipinski definition) is 1. The van der Waals surface area contributed by atoms with Gasteiger partial charge in [-0.3, -0.25) is 0 Å². The van der Waals surface area contributed by atoms with Crippen LogP contribution >= 0.6 is 0 Å². The Morgan fingerprint density at radius 1 is 1.24 bits per heavy atom. The smallest absolute Gasteiger partial charge is 0.390 e. The van der Waals surface area contributed by atoms with Crippen molar-refractivity contribution in [2.45, 2.75) is 63.6 Å². The van der Waals surface area contributed by atoms with E-state index in [-0.39, 0.29) is 12.8 Å². The van der Waals surface area contributed by atoms with Crippen LogP contribution in [0.15, 0.2) is 24.3 Å². The standard InChI is InChI=1S/C17H23F3O/c1-12(2)14-7-5-13(6-8-14)10-16(21)9-3-4-15(11-16)17(18,19)20/h5-8,12,15,21H,3-4,9-11H2,1-2H3. The van der Waals surface area contributed by atoms with Crippen LogP contribution in [-0.4, -0.2) is 16.9 Å². The highest BCUT2D eigenvalue weighted by Crippen LogP contribution is 2.42. The summed E-state index contributed by atoms with van der Waals surface area (Å²) in [7, 11) is 0. The summed E-state index contributed by atoms with van der Waals surface area (Å²) in [5.74, 6) is -0.947. The zero-order valence-electron chi connectivity index (χ0n) is 12.6. The van der Waals surface area contributed by atoms with E-state index in [1.165, 1.54) is 5.56 Å². The third-order valence-electron chi connectivity index (χ3n) is 4.46. The molecular formula is C17H23F3O. The zero-order chi connectivity index (χ0) is 15.7. The SMILES string of the molecule is CC(C)c1ccc(CC2(O)CCCC(C(F)(F)F)C2)cc1. The molecule has 1 aliphatic carbocycles. The molecule has 0 aliphatic heterocycles. The molecule has 118 valence electrons. The Morgan fingerprint density at radius 3 is 2.38 bits per heavy atom. The van der Waals surface area contributed by atoms with Gasteiger partial charge in [-0.1, -0.05) is 38.1 Å². The van der Waals surface area contributed by atoms with Crippen molar-refractivity contribution in [1.82, 2.24) is 0 Å². The molecule has 2 unspecified atom stereocenters. The van der Waals surface area contributed by atoms with E-state index >= 15 is 0 Å². The van der Waals surface area contributed by atoms with Crippen LogP contribution in [0.25, 0.3) is 0 Å². The van der Waals surface area contributed by atoms with Crippen LogP contribution in [-0.2, 0) is 6.42 Å². The summed E-state index contributed by atoms with van der Waals surface area (Å²) in [5, 5.41) is 10.5. The molecule has 1 aromatic carbocycles. The second-order valence-electron chi connectivity index (χ2n) is 6.63. The molecule has 1 saturated carbocycles. The molecule has 1 nitrogen and oxygen atoms in total. The molecular weight excluding hydrogens is 277 g/mol. The molecule has 0 aromatic heterocycles. The van der Waals surface area contributed by atoms with Gasteiger partial charge in [0.2, 0.25) is 0 Å². The monoisotopic (exact) mass is 300 g/mol. The molecule has 0 saturated heterocycles. The molecule has 0 radical (unpaired) electrons. The predicted octanol–water partition coefficient (Wildman–Crippen LogP) is 4.84. The van der Waals surface area contributed by atoms with Crippen molar-refractivity contribution in [2.75, 3.05) is 0 Å². The van der Waals surface area contributed by atoms with Crippen LogP contribution in [0, 0.1) is 5.92 Å². The number of benzene rings is 1. The van der Waals surface area contributed by atoms with E-state index in [4.69, 9.17) is 0 Å². The Balaban J connectivity index is 2.06. The molecule has 0 bridgehead atoms. The molecule has 0 spiro atoms. The normalized spacial score (nSPS) is 27.1. The second kappa shape index (κ2) is 5.99. The Kier molecular flexibility index (Phi) is 4.66. The lowest BCUT2D eigenvalue weighted by Crippen LogP contribution is -2.41. The lowest BCUT2D eigenvalue weighted by atomic mass is 9.75. The molecule has 0 amide bonds. The largest absolute Gasteiger partial charge is 0.391 e. The number of halogens is 3. The molecule has 0 heterocycles. The summed E-state index contributed by atoms with van der Waals surface area (Å²) in [6.45, 7) is 4.19. The van der Waals surface area contributed by atoms with Gasteiger partial charge in [-0.2, -0.15) is 13.2 Å². The van der Waals surface area contributed by atoms with E-state index in [0.717, 1.165) is 5.56 Å². The van der Waals surface area contributed by atoms with E-state index < -0.39 is 17.7 Å². The molecule has 1 fully saturated rings. The van der Waals surface area contributed by atoms with Gasteiger partial charge >= 0.3 is 6.18 Å². The fourth-order valence-electron chi connectivity index (χ4n) is 3.18. The molecule has 21 heavy (non-hydrogen) atoms. The van der Waals surface area contributed by atoms with E-state index in [1.807, 2.05) is 24.3 Å². The maximum Gasteiger partial charge on any atom is 0.391 e. The molecule has 1 N–H and O–H groups in total. The third-order valence-corrected chi connectivity index (χ3v) is 4.46. The van der Waals surface area contributed by atoms with Crippen LogP contribution in [0.2, 0.25) is 0 Å². The second-order valence-corrected chi connectivity index (χ2v) is 6.63. The minimum atomic E-state index is -4.20. The van der Waals surface area contributed by atoms with Crippen LogP contribution in [0.1, 0.15) is 56.6 Å². The average molecular weight is 300 g/mol. The van der Waals surface area contributed by atoms with Gasteiger partial charge < -0.3 is 5.11 Å². The Labute approximate surface area is 124 Å². The topological polar surface area (TPSA) is 20.2 Å². The van der Waals surface area contributed by atoms with Gasteiger partial charge in [-0.05, 0) is 42.7 Å². The Hall–Kier alpha value is -1.03. The summed E-state index contributed by atoms with van der Waals surface area (Å²) in [6.07, 6.45) is -3.05. The van der Waals surface area contributed by atoms with Gasteiger partial charge in [-0.25, -0.2) is 0 Å². The highest BCUT2D eigenvalue weighted by Gasteiger charge is 2.46. The first-order valence-corrected chi connectivity index (χ1v) is 7.57. The van der Waals surface area contributed by atoms with Crippen LogP contribution in [0.3, 0.4) is 0 Å². The minimum absolute atomic E-state index is 0.137. The lowest BCUT2D eigenvalue weighted by Gasteiger charge is -2.37. The first kappa shape index (κ1) is 16.3. The molecule has 1 aromatic rings. The van der Waals surface area contributed by atoms with Crippen molar-refractivity contribution in [3.63, 3.8) is 0 Å². The highest BCUT2D eigenvalue weighted by molar-refractivity contribution is 5.26. The third kappa shape index (κ3) is 4.22. The van der Waals surface area contributed by atoms with Crippen molar-refractivity contribution in [1.29, 1.82) is 0 Å². The maximum absolute atomic E-state index is 12.9. The Bertz CT molecular complexity index is 464. The van der Waals surface area contributed by atoms with Crippen molar-refractivity contribution >= 4 is 0 Å². The van der Waals surface area contributed by atoms with Crippen molar-refractivity contribution < 1.29 is 18.3 Å². The van der Waals surface area contributed by atoms with Crippen molar-refractivity contribution in [3.8, 4) is 0 Å². The number of rotatable bonds is 3.